The molecule has 0 radical (unpaired) electrons. The van der Waals surface area contributed by atoms with E-state index in [4.69, 9.17) is 10.3 Å². The number of anilines is 1. The highest BCUT2D eigenvalue weighted by atomic mass is 19.4. The fraction of sp³-hybridized carbons (Fsp3) is 0.231. The molecule has 1 heterocycles. The first-order chi connectivity index (χ1) is 10.2. The molecule has 118 valence electrons. The number of halogens is 3. The van der Waals surface area contributed by atoms with Gasteiger partial charge < -0.3 is 20.3 Å². The molecule has 3 N–H and O–H groups in total. The molecule has 1 amide bonds. The Morgan fingerprint density at radius 3 is 2.73 bits per heavy atom. The van der Waals surface area contributed by atoms with Crippen molar-refractivity contribution in [3.8, 4) is 5.75 Å². The zero-order valence-electron chi connectivity index (χ0n) is 11.3. The summed E-state index contributed by atoms with van der Waals surface area (Å²) in [5.74, 6) is -1.21. The van der Waals surface area contributed by atoms with E-state index in [1.54, 1.807) is 6.92 Å². The first-order valence-corrected chi connectivity index (χ1v) is 6.14. The summed E-state index contributed by atoms with van der Waals surface area (Å²) < 4.78 is 45.0. The van der Waals surface area contributed by atoms with E-state index in [0.717, 1.165) is 12.1 Å². The van der Waals surface area contributed by atoms with Crippen molar-refractivity contribution in [1.82, 2.24) is 5.16 Å². The SMILES string of the molecule is C[C@@H](N)c1cc(C(=O)Nc2cccc(OC(F)(F)F)c2)on1. The van der Waals surface area contributed by atoms with Gasteiger partial charge in [0.05, 0.1) is 0 Å². The summed E-state index contributed by atoms with van der Waals surface area (Å²) in [4.78, 5) is 11.9. The molecule has 0 aliphatic heterocycles. The van der Waals surface area contributed by atoms with Crippen molar-refractivity contribution in [2.75, 3.05) is 5.32 Å². The summed E-state index contributed by atoms with van der Waals surface area (Å²) in [5.41, 5.74) is 6.09. The van der Waals surface area contributed by atoms with E-state index in [2.05, 4.69) is 15.2 Å². The van der Waals surface area contributed by atoms with Crippen LogP contribution >= 0.6 is 0 Å². The highest BCUT2D eigenvalue weighted by molar-refractivity contribution is 6.02. The maximum Gasteiger partial charge on any atom is 0.573 e. The first-order valence-electron chi connectivity index (χ1n) is 6.14. The van der Waals surface area contributed by atoms with Gasteiger partial charge in [0.15, 0.2) is 0 Å². The largest absolute Gasteiger partial charge is 0.573 e. The van der Waals surface area contributed by atoms with Crippen molar-refractivity contribution < 1.29 is 27.2 Å². The lowest BCUT2D eigenvalue weighted by Crippen LogP contribution is -2.17. The second-order valence-electron chi connectivity index (χ2n) is 4.43. The molecule has 0 bridgehead atoms. The van der Waals surface area contributed by atoms with Gasteiger partial charge in [0, 0.05) is 23.9 Å². The molecule has 0 saturated heterocycles. The Hall–Kier alpha value is -2.55. The predicted molar refractivity (Wildman–Crippen MR) is 70.2 cm³/mol. The van der Waals surface area contributed by atoms with E-state index >= 15 is 0 Å². The molecule has 1 aromatic heterocycles. The second-order valence-corrected chi connectivity index (χ2v) is 4.43. The lowest BCUT2D eigenvalue weighted by atomic mass is 10.2. The quantitative estimate of drug-likeness (QED) is 0.905. The molecule has 2 aromatic rings. The number of carbonyl (C=O) groups is 1. The summed E-state index contributed by atoms with van der Waals surface area (Å²) in [7, 11) is 0. The Kier molecular flexibility index (Phi) is 4.36. The lowest BCUT2D eigenvalue weighted by Gasteiger charge is -2.10. The van der Waals surface area contributed by atoms with E-state index in [0.29, 0.717) is 5.69 Å². The summed E-state index contributed by atoms with van der Waals surface area (Å²) in [6.07, 6.45) is -4.81. The molecule has 2 rings (SSSR count). The molecule has 9 heteroatoms. The molecule has 22 heavy (non-hydrogen) atoms. The van der Waals surface area contributed by atoms with Gasteiger partial charge in [-0.3, -0.25) is 4.79 Å². The van der Waals surface area contributed by atoms with Crippen molar-refractivity contribution in [1.29, 1.82) is 0 Å². The number of alkyl halides is 3. The van der Waals surface area contributed by atoms with Crippen LogP contribution in [-0.4, -0.2) is 17.4 Å². The van der Waals surface area contributed by atoms with Crippen molar-refractivity contribution in [3.05, 3.63) is 41.8 Å². The van der Waals surface area contributed by atoms with Crippen LogP contribution in [0.5, 0.6) is 5.75 Å². The lowest BCUT2D eigenvalue weighted by molar-refractivity contribution is -0.274. The van der Waals surface area contributed by atoms with E-state index in [-0.39, 0.29) is 11.4 Å². The number of hydrogen-bond acceptors (Lipinski definition) is 5. The van der Waals surface area contributed by atoms with Gasteiger partial charge in [0.25, 0.3) is 5.91 Å². The van der Waals surface area contributed by atoms with E-state index in [1.807, 2.05) is 0 Å². The summed E-state index contributed by atoms with van der Waals surface area (Å²) >= 11 is 0. The molecule has 0 aliphatic carbocycles. The third-order valence-electron chi connectivity index (χ3n) is 2.54. The van der Waals surface area contributed by atoms with Crippen LogP contribution in [0.2, 0.25) is 0 Å². The third-order valence-corrected chi connectivity index (χ3v) is 2.54. The fourth-order valence-electron chi connectivity index (χ4n) is 1.57. The smallest absolute Gasteiger partial charge is 0.406 e. The number of ether oxygens (including phenoxy) is 1. The molecular weight excluding hydrogens is 303 g/mol. The van der Waals surface area contributed by atoms with Gasteiger partial charge in [-0.15, -0.1) is 13.2 Å². The normalized spacial score (nSPS) is 12.8. The van der Waals surface area contributed by atoms with Crippen LogP contribution in [0.15, 0.2) is 34.9 Å². The Labute approximate surface area is 123 Å². The number of benzene rings is 1. The zero-order valence-corrected chi connectivity index (χ0v) is 11.3. The van der Waals surface area contributed by atoms with Crippen LogP contribution in [-0.2, 0) is 0 Å². The van der Waals surface area contributed by atoms with E-state index < -0.39 is 24.1 Å². The number of hydrogen-bond donors (Lipinski definition) is 2. The summed E-state index contributed by atoms with van der Waals surface area (Å²) in [6, 6.07) is 5.82. The Morgan fingerprint density at radius 2 is 2.14 bits per heavy atom. The molecule has 0 fully saturated rings. The van der Waals surface area contributed by atoms with E-state index in [1.165, 1.54) is 18.2 Å². The minimum atomic E-state index is -4.81. The van der Waals surface area contributed by atoms with E-state index in [9.17, 15) is 18.0 Å². The molecule has 0 spiro atoms. The minimum absolute atomic E-state index is 0.102. The van der Waals surface area contributed by atoms with Crippen molar-refractivity contribution >= 4 is 11.6 Å². The highest BCUT2D eigenvalue weighted by Crippen LogP contribution is 2.25. The van der Waals surface area contributed by atoms with Gasteiger partial charge in [-0.05, 0) is 19.1 Å². The topological polar surface area (TPSA) is 90.4 Å². The number of nitrogens with zero attached hydrogens (tertiary/aromatic N) is 1. The molecular formula is C13H12F3N3O3. The molecule has 6 nitrogen and oxygen atoms in total. The third kappa shape index (κ3) is 4.22. The summed E-state index contributed by atoms with van der Waals surface area (Å²) in [5, 5.41) is 5.99. The van der Waals surface area contributed by atoms with Crippen LogP contribution in [0.3, 0.4) is 0 Å². The van der Waals surface area contributed by atoms with Gasteiger partial charge in [0.2, 0.25) is 5.76 Å². The van der Waals surface area contributed by atoms with Crippen molar-refractivity contribution in [3.63, 3.8) is 0 Å². The van der Waals surface area contributed by atoms with Crippen LogP contribution in [0.1, 0.15) is 29.2 Å². The standard InChI is InChI=1S/C13H12F3N3O3/c1-7(17)10-6-11(22-19-10)12(20)18-8-3-2-4-9(5-8)21-13(14,15)16/h2-7H,17H2,1H3,(H,18,20)/t7-/m1/s1. The van der Waals surface area contributed by atoms with Crippen LogP contribution in [0.4, 0.5) is 18.9 Å². The molecule has 0 saturated carbocycles. The van der Waals surface area contributed by atoms with Gasteiger partial charge >= 0.3 is 6.36 Å². The van der Waals surface area contributed by atoms with Crippen LogP contribution < -0.4 is 15.8 Å². The monoisotopic (exact) mass is 315 g/mol. The first kappa shape index (κ1) is 15.8. The Morgan fingerprint density at radius 1 is 1.41 bits per heavy atom. The Bertz CT molecular complexity index is 668. The average Bonchev–Trinajstić information content (AvgIpc) is 2.86. The average molecular weight is 315 g/mol. The van der Waals surface area contributed by atoms with Crippen LogP contribution in [0.25, 0.3) is 0 Å². The number of rotatable bonds is 4. The zero-order chi connectivity index (χ0) is 16.3. The number of aromatic nitrogens is 1. The van der Waals surface area contributed by atoms with Crippen LogP contribution in [0, 0.1) is 0 Å². The van der Waals surface area contributed by atoms with Gasteiger partial charge in [0.1, 0.15) is 11.4 Å². The maximum absolute atomic E-state index is 12.1. The van der Waals surface area contributed by atoms with Gasteiger partial charge in [-0.1, -0.05) is 11.2 Å². The maximum atomic E-state index is 12.1. The number of nitrogens with two attached hydrogens (primary N) is 1. The molecule has 0 aliphatic rings. The predicted octanol–water partition coefficient (Wildman–Crippen LogP) is 2.85. The molecule has 1 aromatic carbocycles. The number of nitrogens with one attached hydrogen (secondary N) is 1. The Balaban J connectivity index is 2.09. The highest BCUT2D eigenvalue weighted by Gasteiger charge is 2.31. The number of carbonyl (C=O) groups excluding carboxylic acids is 1. The summed E-state index contributed by atoms with van der Waals surface area (Å²) in [6.45, 7) is 1.66. The molecule has 1 atom stereocenters. The number of amides is 1. The molecule has 0 unspecified atom stereocenters. The van der Waals surface area contributed by atoms with Crippen molar-refractivity contribution in [2.45, 2.75) is 19.3 Å². The van der Waals surface area contributed by atoms with Gasteiger partial charge in [-0.2, -0.15) is 0 Å². The second kappa shape index (κ2) is 6.06. The fourth-order valence-corrected chi connectivity index (χ4v) is 1.57. The van der Waals surface area contributed by atoms with Crippen molar-refractivity contribution in [2.24, 2.45) is 5.73 Å². The van der Waals surface area contributed by atoms with Gasteiger partial charge in [-0.25, -0.2) is 0 Å². The minimum Gasteiger partial charge on any atom is -0.406 e.